The number of hydrogen-bond acceptors (Lipinski definition) is 4. The highest BCUT2D eigenvalue weighted by Crippen LogP contribution is 2.20. The van der Waals surface area contributed by atoms with E-state index in [-0.39, 0.29) is 23.9 Å². The fourth-order valence-electron chi connectivity index (χ4n) is 4.02. The number of hydrogen-bond donors (Lipinski definition) is 1. The molecule has 1 heterocycles. The predicted molar refractivity (Wildman–Crippen MR) is 117 cm³/mol. The summed E-state index contributed by atoms with van der Waals surface area (Å²) in [6, 6.07) is 15.7. The van der Waals surface area contributed by atoms with E-state index in [1.54, 1.807) is 12.0 Å². The van der Waals surface area contributed by atoms with Crippen molar-refractivity contribution in [3.63, 3.8) is 0 Å². The van der Waals surface area contributed by atoms with E-state index in [9.17, 15) is 9.59 Å². The van der Waals surface area contributed by atoms with Crippen molar-refractivity contribution in [2.45, 2.75) is 38.9 Å². The van der Waals surface area contributed by atoms with Crippen molar-refractivity contribution in [2.24, 2.45) is 0 Å². The van der Waals surface area contributed by atoms with Crippen LogP contribution < -0.4 is 10.1 Å². The number of carbonyl (C=O) groups is 2. The molecule has 3 rings (SSSR count). The molecule has 0 bridgehead atoms. The lowest BCUT2D eigenvalue weighted by Gasteiger charge is -2.44. The Morgan fingerprint density at radius 3 is 2.63 bits per heavy atom. The second kappa shape index (κ2) is 9.76. The molecule has 0 radical (unpaired) electrons. The molecule has 1 N–H and O–H groups in total. The largest absolute Gasteiger partial charge is 0.497 e. The van der Waals surface area contributed by atoms with Crippen LogP contribution in [0.25, 0.3) is 0 Å². The summed E-state index contributed by atoms with van der Waals surface area (Å²) in [5, 5.41) is 3.06. The summed E-state index contributed by atoms with van der Waals surface area (Å²) in [4.78, 5) is 29.1. The number of rotatable bonds is 7. The molecule has 6 heteroatoms. The first-order valence-electron chi connectivity index (χ1n) is 10.3. The first-order valence-corrected chi connectivity index (χ1v) is 10.3. The van der Waals surface area contributed by atoms with Gasteiger partial charge in [0, 0.05) is 32.7 Å². The number of likely N-dealkylation sites (N-methyl/N-ethyl adjacent to an activating group) is 1. The van der Waals surface area contributed by atoms with Crippen molar-refractivity contribution in [3.8, 4) is 5.75 Å². The predicted octanol–water partition coefficient (Wildman–Crippen LogP) is 2.39. The van der Waals surface area contributed by atoms with Gasteiger partial charge in [-0.3, -0.25) is 14.5 Å². The zero-order valence-electron chi connectivity index (χ0n) is 18.2. The number of piperazine rings is 1. The molecule has 6 nitrogen and oxygen atoms in total. The highest BCUT2D eigenvalue weighted by Gasteiger charge is 2.36. The van der Waals surface area contributed by atoms with Crippen LogP contribution in [0.4, 0.5) is 0 Å². The molecule has 30 heavy (non-hydrogen) atoms. The molecule has 0 saturated carbocycles. The van der Waals surface area contributed by atoms with E-state index in [2.05, 4.69) is 35.3 Å². The minimum atomic E-state index is -0.232. The van der Waals surface area contributed by atoms with E-state index in [0.717, 1.165) is 11.3 Å². The van der Waals surface area contributed by atoms with Crippen molar-refractivity contribution in [1.29, 1.82) is 0 Å². The van der Waals surface area contributed by atoms with Crippen molar-refractivity contribution in [2.75, 3.05) is 27.2 Å². The fourth-order valence-corrected chi connectivity index (χ4v) is 4.02. The van der Waals surface area contributed by atoms with Gasteiger partial charge in [0.25, 0.3) is 0 Å². The van der Waals surface area contributed by atoms with Crippen LogP contribution in [-0.4, -0.2) is 60.9 Å². The molecule has 0 spiro atoms. The topological polar surface area (TPSA) is 61.9 Å². The van der Waals surface area contributed by atoms with Crippen LogP contribution in [0.15, 0.2) is 48.5 Å². The minimum Gasteiger partial charge on any atom is -0.497 e. The molecule has 0 unspecified atom stereocenters. The van der Waals surface area contributed by atoms with Crippen LogP contribution in [0.5, 0.6) is 5.75 Å². The summed E-state index contributed by atoms with van der Waals surface area (Å²) in [6.07, 6.45) is 0.298. The average Bonchev–Trinajstić information content (AvgIpc) is 2.73. The molecule has 2 atom stereocenters. The summed E-state index contributed by atoms with van der Waals surface area (Å²) in [5.41, 5.74) is 3.28. The molecule has 2 amide bonds. The molecule has 1 fully saturated rings. The maximum Gasteiger partial charge on any atom is 0.239 e. The van der Waals surface area contributed by atoms with E-state index in [1.807, 2.05) is 44.3 Å². The number of ether oxygens (including phenoxy) is 1. The molecular formula is C24H31N3O3. The van der Waals surface area contributed by atoms with Crippen LogP contribution in [0.3, 0.4) is 0 Å². The third kappa shape index (κ3) is 5.39. The van der Waals surface area contributed by atoms with E-state index in [4.69, 9.17) is 4.74 Å². The van der Waals surface area contributed by atoms with E-state index < -0.39 is 0 Å². The Morgan fingerprint density at radius 1 is 1.17 bits per heavy atom. The fraction of sp³-hybridized carbons (Fsp3) is 0.417. The van der Waals surface area contributed by atoms with Crippen molar-refractivity contribution < 1.29 is 14.3 Å². The maximum absolute atomic E-state index is 12.6. The molecular weight excluding hydrogens is 378 g/mol. The summed E-state index contributed by atoms with van der Waals surface area (Å²) in [6.45, 7) is 5.78. The Bertz CT molecular complexity index is 899. The Balaban J connectivity index is 1.66. The molecule has 2 aromatic carbocycles. The third-order valence-corrected chi connectivity index (χ3v) is 5.67. The highest BCUT2D eigenvalue weighted by molar-refractivity contribution is 5.82. The minimum absolute atomic E-state index is 0.0361. The first kappa shape index (κ1) is 21.8. The molecule has 0 aromatic heterocycles. The number of aryl methyl sites for hydroxylation is 1. The van der Waals surface area contributed by atoms with Crippen molar-refractivity contribution in [1.82, 2.24) is 15.1 Å². The molecule has 160 valence electrons. The lowest BCUT2D eigenvalue weighted by atomic mass is 10.0. The van der Waals surface area contributed by atoms with Crippen molar-refractivity contribution in [3.05, 3.63) is 65.2 Å². The Hall–Kier alpha value is -2.86. The second-order valence-electron chi connectivity index (χ2n) is 8.04. The van der Waals surface area contributed by atoms with Crippen LogP contribution in [-0.2, 0) is 22.6 Å². The maximum atomic E-state index is 12.6. The van der Waals surface area contributed by atoms with E-state index in [1.165, 1.54) is 11.1 Å². The van der Waals surface area contributed by atoms with Gasteiger partial charge in [0.2, 0.25) is 11.8 Å². The van der Waals surface area contributed by atoms with E-state index in [0.29, 0.717) is 26.1 Å². The number of nitrogens with one attached hydrogen (secondary N) is 1. The summed E-state index contributed by atoms with van der Waals surface area (Å²) < 4.78 is 5.23. The van der Waals surface area contributed by atoms with Crippen LogP contribution in [0.1, 0.15) is 23.6 Å². The van der Waals surface area contributed by atoms with Crippen molar-refractivity contribution >= 4 is 11.8 Å². The first-order chi connectivity index (χ1) is 14.4. The molecule has 2 aromatic rings. The van der Waals surface area contributed by atoms with Gasteiger partial charge in [0.05, 0.1) is 19.6 Å². The quantitative estimate of drug-likeness (QED) is 0.763. The Morgan fingerprint density at radius 2 is 1.90 bits per heavy atom. The number of methoxy groups -OCH3 is 1. The number of benzene rings is 2. The Labute approximate surface area is 178 Å². The molecule has 1 aliphatic rings. The van der Waals surface area contributed by atoms with Crippen LogP contribution in [0.2, 0.25) is 0 Å². The van der Waals surface area contributed by atoms with Gasteiger partial charge in [0.15, 0.2) is 0 Å². The molecule has 1 saturated heterocycles. The SMILES string of the molecule is COc1cccc(CC(=O)NC[C@@H]2CN(C)C(=O)[C@H](C)N2Cc2cccc(C)c2)c1. The number of nitrogens with zero attached hydrogens (tertiary/aromatic N) is 2. The normalized spacial score (nSPS) is 19.6. The third-order valence-electron chi connectivity index (χ3n) is 5.67. The monoisotopic (exact) mass is 409 g/mol. The zero-order chi connectivity index (χ0) is 21.7. The molecule has 1 aliphatic heterocycles. The second-order valence-corrected chi connectivity index (χ2v) is 8.04. The summed E-state index contributed by atoms with van der Waals surface area (Å²) >= 11 is 0. The Kier molecular flexibility index (Phi) is 7.11. The number of carbonyl (C=O) groups excluding carboxylic acids is 2. The summed E-state index contributed by atoms with van der Waals surface area (Å²) in [7, 11) is 3.44. The van der Waals surface area contributed by atoms with Gasteiger partial charge in [-0.2, -0.15) is 0 Å². The average molecular weight is 410 g/mol. The zero-order valence-corrected chi connectivity index (χ0v) is 18.2. The smallest absolute Gasteiger partial charge is 0.239 e. The van der Waals surface area contributed by atoms with Gasteiger partial charge in [-0.25, -0.2) is 0 Å². The van der Waals surface area contributed by atoms with Crippen LogP contribution >= 0.6 is 0 Å². The summed E-state index contributed by atoms with van der Waals surface area (Å²) in [5.74, 6) is 0.818. The lowest BCUT2D eigenvalue weighted by Crippen LogP contribution is -2.62. The van der Waals surface area contributed by atoms with Gasteiger partial charge in [0.1, 0.15) is 5.75 Å². The highest BCUT2D eigenvalue weighted by atomic mass is 16.5. The van der Waals surface area contributed by atoms with Gasteiger partial charge in [-0.1, -0.05) is 42.0 Å². The molecule has 0 aliphatic carbocycles. The lowest BCUT2D eigenvalue weighted by molar-refractivity contribution is -0.142. The van der Waals surface area contributed by atoms with E-state index >= 15 is 0 Å². The van der Waals surface area contributed by atoms with Gasteiger partial charge < -0.3 is 15.0 Å². The van der Waals surface area contributed by atoms with Crippen LogP contribution in [0, 0.1) is 6.92 Å². The number of amides is 2. The van der Waals surface area contributed by atoms with Gasteiger partial charge in [-0.15, -0.1) is 0 Å². The van der Waals surface area contributed by atoms with Gasteiger partial charge in [-0.05, 0) is 37.1 Å². The van der Waals surface area contributed by atoms with Gasteiger partial charge >= 0.3 is 0 Å². The standard InChI is InChI=1S/C24H31N3O3/c1-17-7-5-9-20(11-17)15-27-18(2)24(29)26(3)16-21(27)14-25-23(28)13-19-8-6-10-22(12-19)30-4/h5-12,18,21H,13-16H2,1-4H3,(H,25,28)/t18-,21+/m0/s1.